The maximum Gasteiger partial charge on any atom is 0.323 e. The van der Waals surface area contributed by atoms with E-state index in [1.165, 1.54) is 0 Å². The van der Waals surface area contributed by atoms with Crippen molar-refractivity contribution in [3.63, 3.8) is 0 Å². The molecule has 0 aromatic heterocycles. The molecule has 3 amide bonds. The summed E-state index contributed by atoms with van der Waals surface area (Å²) in [6.45, 7) is 2.15. The number of ether oxygens (including phenoxy) is 1. The molecule has 0 aromatic rings. The number of imide groups is 1. The third-order valence-corrected chi connectivity index (χ3v) is 1.53. The number of hydrogen-bond acceptors (Lipinski definition) is 3. The number of alkyl halides is 1. The maximum absolute atomic E-state index is 13.0. The van der Waals surface area contributed by atoms with Crippen LogP contribution in [-0.2, 0) is 9.53 Å². The zero-order valence-electron chi connectivity index (χ0n) is 7.17. The molecular formula is C7H11FN2O3. The average molecular weight is 190 g/mol. The van der Waals surface area contributed by atoms with Gasteiger partial charge in [0.25, 0.3) is 5.91 Å². The summed E-state index contributed by atoms with van der Waals surface area (Å²) in [5.41, 5.74) is 0. The minimum atomic E-state index is -1.83. The Balaban J connectivity index is 2.50. The van der Waals surface area contributed by atoms with Crippen molar-refractivity contribution in [2.24, 2.45) is 0 Å². The average Bonchev–Trinajstić information content (AvgIpc) is 2.09. The fourth-order valence-corrected chi connectivity index (χ4v) is 0.928. The zero-order chi connectivity index (χ0) is 9.84. The van der Waals surface area contributed by atoms with Gasteiger partial charge in [-0.1, -0.05) is 6.92 Å². The topological polar surface area (TPSA) is 67.4 Å². The van der Waals surface area contributed by atoms with Crippen LogP contribution in [0.5, 0.6) is 0 Å². The molecule has 2 unspecified atom stereocenters. The maximum atomic E-state index is 13.0. The van der Waals surface area contributed by atoms with Crippen LogP contribution in [-0.4, -0.2) is 30.9 Å². The number of urea groups is 1. The Bertz CT molecular complexity index is 222. The van der Waals surface area contributed by atoms with E-state index in [9.17, 15) is 14.0 Å². The number of nitrogens with one attached hydrogen (secondary N) is 2. The Morgan fingerprint density at radius 2 is 2.23 bits per heavy atom. The second kappa shape index (κ2) is 4.18. The number of carbonyl (C=O) groups is 2. The Morgan fingerprint density at radius 3 is 2.85 bits per heavy atom. The molecule has 5 nitrogen and oxygen atoms in total. The predicted molar refractivity (Wildman–Crippen MR) is 41.6 cm³/mol. The molecule has 13 heavy (non-hydrogen) atoms. The number of hydrogen-bond donors (Lipinski definition) is 2. The van der Waals surface area contributed by atoms with Gasteiger partial charge in [0.2, 0.25) is 6.17 Å². The molecule has 0 saturated carbocycles. The monoisotopic (exact) mass is 190 g/mol. The van der Waals surface area contributed by atoms with E-state index in [1.807, 2.05) is 6.92 Å². The van der Waals surface area contributed by atoms with E-state index >= 15 is 0 Å². The quantitative estimate of drug-likeness (QED) is 0.653. The van der Waals surface area contributed by atoms with Crippen molar-refractivity contribution in [3.05, 3.63) is 0 Å². The van der Waals surface area contributed by atoms with Crippen LogP contribution in [0.15, 0.2) is 0 Å². The summed E-state index contributed by atoms with van der Waals surface area (Å²) < 4.78 is 17.9. The SMILES string of the molecule is CCCOC1NC(=O)NC(=O)C1F. The molecule has 1 heterocycles. The van der Waals surface area contributed by atoms with E-state index in [2.05, 4.69) is 5.32 Å². The van der Waals surface area contributed by atoms with Crippen LogP contribution in [0.4, 0.5) is 9.18 Å². The molecule has 6 heteroatoms. The highest BCUT2D eigenvalue weighted by Crippen LogP contribution is 2.06. The smallest absolute Gasteiger partial charge is 0.323 e. The summed E-state index contributed by atoms with van der Waals surface area (Å²) in [7, 11) is 0. The number of carbonyl (C=O) groups excluding carboxylic acids is 2. The molecule has 1 saturated heterocycles. The normalized spacial score (nSPS) is 28.2. The fraction of sp³-hybridized carbons (Fsp3) is 0.714. The van der Waals surface area contributed by atoms with Gasteiger partial charge >= 0.3 is 6.03 Å². The van der Waals surface area contributed by atoms with Crippen LogP contribution in [0.25, 0.3) is 0 Å². The molecule has 74 valence electrons. The van der Waals surface area contributed by atoms with Gasteiger partial charge in [-0.15, -0.1) is 0 Å². The molecule has 0 bridgehead atoms. The van der Waals surface area contributed by atoms with Gasteiger partial charge < -0.3 is 10.1 Å². The van der Waals surface area contributed by atoms with Crippen molar-refractivity contribution < 1.29 is 18.7 Å². The van der Waals surface area contributed by atoms with E-state index in [1.54, 1.807) is 5.32 Å². The zero-order valence-corrected chi connectivity index (χ0v) is 7.17. The van der Waals surface area contributed by atoms with Crippen molar-refractivity contribution in [2.75, 3.05) is 6.61 Å². The van der Waals surface area contributed by atoms with Gasteiger partial charge in [0.1, 0.15) is 0 Å². The van der Waals surface area contributed by atoms with Crippen LogP contribution < -0.4 is 10.6 Å². The standard InChI is InChI=1S/C7H11FN2O3/c1-2-3-13-6-4(8)5(11)9-7(12)10-6/h4,6H,2-3H2,1H3,(H2,9,10,11,12). The highest BCUT2D eigenvalue weighted by atomic mass is 19.1. The Hall–Kier alpha value is -1.17. The van der Waals surface area contributed by atoms with E-state index in [0.29, 0.717) is 13.0 Å². The summed E-state index contributed by atoms with van der Waals surface area (Å²) in [5, 5.41) is 3.95. The van der Waals surface area contributed by atoms with Gasteiger partial charge in [-0.2, -0.15) is 0 Å². The molecule has 2 atom stereocenters. The molecule has 1 aliphatic heterocycles. The molecule has 0 aliphatic carbocycles. The van der Waals surface area contributed by atoms with Crippen molar-refractivity contribution in [1.82, 2.24) is 10.6 Å². The minimum absolute atomic E-state index is 0.304. The Labute approximate surface area is 74.6 Å². The van der Waals surface area contributed by atoms with Crippen molar-refractivity contribution in [2.45, 2.75) is 25.7 Å². The molecule has 1 aliphatic rings. The summed E-state index contributed by atoms with van der Waals surface area (Å²) >= 11 is 0. The highest BCUT2D eigenvalue weighted by Gasteiger charge is 2.35. The van der Waals surface area contributed by atoms with Gasteiger partial charge in [0.15, 0.2) is 6.23 Å². The van der Waals surface area contributed by atoms with E-state index in [4.69, 9.17) is 4.74 Å². The molecular weight excluding hydrogens is 179 g/mol. The Kier molecular flexibility index (Phi) is 3.18. The summed E-state index contributed by atoms with van der Waals surface area (Å²) in [4.78, 5) is 21.5. The largest absolute Gasteiger partial charge is 0.355 e. The first-order chi connectivity index (χ1) is 6.15. The molecule has 1 fully saturated rings. The first-order valence-electron chi connectivity index (χ1n) is 4.02. The van der Waals surface area contributed by atoms with Crippen LogP contribution in [0.1, 0.15) is 13.3 Å². The predicted octanol–water partition coefficient (Wildman–Crippen LogP) is -0.0834. The minimum Gasteiger partial charge on any atom is -0.355 e. The molecule has 0 aromatic carbocycles. The summed E-state index contributed by atoms with van der Waals surface area (Å²) in [6.07, 6.45) is -2.29. The first-order valence-corrected chi connectivity index (χ1v) is 4.02. The highest BCUT2D eigenvalue weighted by molar-refractivity contribution is 5.99. The lowest BCUT2D eigenvalue weighted by Crippen LogP contribution is -2.60. The summed E-state index contributed by atoms with van der Waals surface area (Å²) in [5.74, 6) is -0.954. The summed E-state index contributed by atoms with van der Waals surface area (Å²) in [6, 6.07) is -0.722. The number of halogens is 1. The van der Waals surface area contributed by atoms with Gasteiger partial charge in [-0.25, -0.2) is 9.18 Å². The second-order valence-corrected chi connectivity index (χ2v) is 2.66. The van der Waals surface area contributed by atoms with Crippen molar-refractivity contribution in [3.8, 4) is 0 Å². The lowest BCUT2D eigenvalue weighted by molar-refractivity contribution is -0.134. The van der Waals surface area contributed by atoms with E-state index in [-0.39, 0.29) is 0 Å². The van der Waals surface area contributed by atoms with Crippen LogP contribution >= 0.6 is 0 Å². The third-order valence-electron chi connectivity index (χ3n) is 1.53. The Morgan fingerprint density at radius 1 is 1.54 bits per heavy atom. The van der Waals surface area contributed by atoms with Gasteiger partial charge in [-0.05, 0) is 6.42 Å². The lowest BCUT2D eigenvalue weighted by atomic mass is 10.3. The van der Waals surface area contributed by atoms with E-state index < -0.39 is 24.3 Å². The molecule has 0 spiro atoms. The second-order valence-electron chi connectivity index (χ2n) is 2.66. The molecule has 2 N–H and O–H groups in total. The van der Waals surface area contributed by atoms with Crippen molar-refractivity contribution >= 4 is 11.9 Å². The van der Waals surface area contributed by atoms with Crippen LogP contribution in [0.2, 0.25) is 0 Å². The number of rotatable bonds is 3. The van der Waals surface area contributed by atoms with Gasteiger partial charge in [0, 0.05) is 6.61 Å². The van der Waals surface area contributed by atoms with Gasteiger partial charge in [0.05, 0.1) is 0 Å². The first kappa shape index (κ1) is 9.91. The third kappa shape index (κ3) is 2.38. The lowest BCUT2D eigenvalue weighted by Gasteiger charge is -2.26. The molecule has 0 radical (unpaired) electrons. The van der Waals surface area contributed by atoms with E-state index in [0.717, 1.165) is 0 Å². The van der Waals surface area contributed by atoms with Gasteiger partial charge in [-0.3, -0.25) is 10.1 Å². The van der Waals surface area contributed by atoms with Crippen molar-refractivity contribution in [1.29, 1.82) is 0 Å². The fourth-order valence-electron chi connectivity index (χ4n) is 0.928. The van der Waals surface area contributed by atoms with Crippen LogP contribution in [0.3, 0.4) is 0 Å². The number of amides is 3. The molecule has 1 rings (SSSR count). The van der Waals surface area contributed by atoms with Crippen LogP contribution in [0, 0.1) is 0 Å².